The Morgan fingerprint density at radius 2 is 2.21 bits per heavy atom. The maximum absolute atomic E-state index is 12.3. The Balaban J connectivity index is 2.76. The van der Waals surface area contributed by atoms with Gasteiger partial charge in [0.1, 0.15) is 11.8 Å². The van der Waals surface area contributed by atoms with E-state index in [4.69, 9.17) is 11.1 Å². The van der Waals surface area contributed by atoms with Gasteiger partial charge in [0.25, 0.3) is 0 Å². The first-order chi connectivity index (χ1) is 6.41. The highest BCUT2D eigenvalue weighted by Gasteiger charge is 2.42. The van der Waals surface area contributed by atoms with Crippen molar-refractivity contribution in [1.29, 1.82) is 5.41 Å². The topological polar surface area (TPSA) is 67.7 Å². The quantitative estimate of drug-likeness (QED) is 0.572. The molecule has 0 fully saturated rings. The summed E-state index contributed by atoms with van der Waals surface area (Å²) in [6, 6.07) is 1.51. The zero-order valence-corrected chi connectivity index (χ0v) is 7.12. The van der Waals surface area contributed by atoms with Crippen molar-refractivity contribution in [1.82, 2.24) is 9.78 Å². The molecule has 78 valence electrons. The third-order valence-electron chi connectivity index (χ3n) is 1.70. The van der Waals surface area contributed by atoms with Crippen molar-refractivity contribution in [3.63, 3.8) is 0 Å². The molecular weight excluding hydrogens is 197 g/mol. The minimum Gasteiger partial charge on any atom is -0.387 e. The minimum atomic E-state index is -4.50. The lowest BCUT2D eigenvalue weighted by atomic mass is 10.1. The molecule has 14 heavy (non-hydrogen) atoms. The van der Waals surface area contributed by atoms with Crippen molar-refractivity contribution < 1.29 is 13.2 Å². The van der Waals surface area contributed by atoms with E-state index in [0.717, 1.165) is 4.68 Å². The van der Waals surface area contributed by atoms with Gasteiger partial charge in [0, 0.05) is 12.4 Å². The SMILES string of the molecule is N=C(N)C(Cn1cccn1)C(F)(F)F. The number of rotatable bonds is 3. The van der Waals surface area contributed by atoms with Gasteiger partial charge in [-0.15, -0.1) is 0 Å². The lowest BCUT2D eigenvalue weighted by molar-refractivity contribution is -0.159. The highest BCUT2D eigenvalue weighted by Crippen LogP contribution is 2.27. The van der Waals surface area contributed by atoms with E-state index in [1.807, 2.05) is 0 Å². The zero-order valence-electron chi connectivity index (χ0n) is 7.12. The second kappa shape index (κ2) is 3.69. The summed E-state index contributed by atoms with van der Waals surface area (Å²) in [5.74, 6) is -2.87. The number of hydrogen-bond donors (Lipinski definition) is 2. The highest BCUT2D eigenvalue weighted by atomic mass is 19.4. The highest BCUT2D eigenvalue weighted by molar-refractivity contribution is 5.80. The number of nitrogens with zero attached hydrogens (tertiary/aromatic N) is 2. The minimum absolute atomic E-state index is 0.453. The number of alkyl halides is 3. The average molecular weight is 206 g/mol. The summed E-state index contributed by atoms with van der Waals surface area (Å²) in [5.41, 5.74) is 4.86. The molecule has 1 unspecified atom stereocenters. The normalized spacial score (nSPS) is 13.9. The summed E-state index contributed by atoms with van der Waals surface area (Å²) in [4.78, 5) is 0. The summed E-state index contributed by atoms with van der Waals surface area (Å²) in [7, 11) is 0. The molecule has 0 saturated carbocycles. The Bertz CT molecular complexity index is 303. The smallest absolute Gasteiger partial charge is 0.387 e. The van der Waals surface area contributed by atoms with Gasteiger partial charge in [-0.1, -0.05) is 0 Å². The van der Waals surface area contributed by atoms with E-state index in [9.17, 15) is 13.2 Å². The fraction of sp³-hybridized carbons (Fsp3) is 0.429. The molecule has 1 aromatic rings. The molecule has 0 aliphatic rings. The Labute approximate surface area is 78.0 Å². The fourth-order valence-corrected chi connectivity index (χ4v) is 0.974. The van der Waals surface area contributed by atoms with Crippen molar-refractivity contribution in [3.05, 3.63) is 18.5 Å². The molecule has 0 radical (unpaired) electrons. The predicted octanol–water partition coefficient (Wildman–Crippen LogP) is 0.998. The molecule has 3 N–H and O–H groups in total. The summed E-state index contributed by atoms with van der Waals surface area (Å²) in [5, 5.41) is 10.4. The van der Waals surface area contributed by atoms with Crippen molar-refractivity contribution in [2.24, 2.45) is 11.7 Å². The first-order valence-corrected chi connectivity index (χ1v) is 3.79. The largest absolute Gasteiger partial charge is 0.400 e. The van der Waals surface area contributed by atoms with Crippen LogP contribution in [0, 0.1) is 11.3 Å². The maximum Gasteiger partial charge on any atom is 0.400 e. The van der Waals surface area contributed by atoms with Gasteiger partial charge in [0.15, 0.2) is 0 Å². The van der Waals surface area contributed by atoms with Crippen LogP contribution < -0.4 is 5.73 Å². The lowest BCUT2D eigenvalue weighted by Gasteiger charge is -2.18. The van der Waals surface area contributed by atoms with Crippen molar-refractivity contribution in [2.45, 2.75) is 12.7 Å². The van der Waals surface area contributed by atoms with E-state index < -0.39 is 24.5 Å². The molecular formula is C7H9F3N4. The number of aromatic nitrogens is 2. The Morgan fingerprint density at radius 1 is 1.57 bits per heavy atom. The van der Waals surface area contributed by atoms with Crippen LogP contribution in [0.2, 0.25) is 0 Å². The van der Waals surface area contributed by atoms with E-state index in [1.165, 1.54) is 18.5 Å². The first kappa shape index (κ1) is 10.6. The van der Waals surface area contributed by atoms with Crippen LogP contribution in [-0.2, 0) is 6.54 Å². The van der Waals surface area contributed by atoms with E-state index in [0.29, 0.717) is 0 Å². The maximum atomic E-state index is 12.3. The van der Waals surface area contributed by atoms with Gasteiger partial charge in [-0.3, -0.25) is 10.1 Å². The van der Waals surface area contributed by atoms with Crippen LogP contribution in [0.25, 0.3) is 0 Å². The molecule has 1 atom stereocenters. The van der Waals surface area contributed by atoms with Crippen molar-refractivity contribution in [2.75, 3.05) is 0 Å². The van der Waals surface area contributed by atoms with Crippen LogP contribution in [0.5, 0.6) is 0 Å². The molecule has 0 aliphatic heterocycles. The number of hydrogen-bond acceptors (Lipinski definition) is 2. The summed E-state index contributed by atoms with van der Waals surface area (Å²) in [6.45, 7) is -0.453. The predicted molar refractivity (Wildman–Crippen MR) is 43.7 cm³/mol. The van der Waals surface area contributed by atoms with Crippen LogP contribution in [0.4, 0.5) is 13.2 Å². The second-order valence-electron chi connectivity index (χ2n) is 2.78. The third-order valence-corrected chi connectivity index (χ3v) is 1.70. The van der Waals surface area contributed by atoms with Crippen LogP contribution in [0.15, 0.2) is 18.5 Å². The number of nitrogens with one attached hydrogen (secondary N) is 1. The Hall–Kier alpha value is -1.53. The van der Waals surface area contributed by atoms with E-state index in [1.54, 1.807) is 0 Å². The number of nitrogens with two attached hydrogens (primary N) is 1. The van der Waals surface area contributed by atoms with Gasteiger partial charge in [-0.05, 0) is 6.07 Å². The molecule has 1 aromatic heterocycles. The zero-order chi connectivity index (χ0) is 10.8. The monoisotopic (exact) mass is 206 g/mol. The van der Waals surface area contributed by atoms with Gasteiger partial charge in [-0.2, -0.15) is 18.3 Å². The number of amidine groups is 1. The molecule has 0 bridgehead atoms. The number of halogens is 3. The van der Waals surface area contributed by atoms with Crippen LogP contribution in [0.3, 0.4) is 0 Å². The molecule has 0 aromatic carbocycles. The van der Waals surface area contributed by atoms with Crippen LogP contribution >= 0.6 is 0 Å². The van der Waals surface area contributed by atoms with Gasteiger partial charge >= 0.3 is 6.18 Å². The molecule has 1 rings (SSSR count). The molecule has 1 heterocycles. The van der Waals surface area contributed by atoms with Crippen LogP contribution in [0.1, 0.15) is 0 Å². The van der Waals surface area contributed by atoms with Gasteiger partial charge in [0.2, 0.25) is 0 Å². The third kappa shape index (κ3) is 2.48. The van der Waals surface area contributed by atoms with E-state index in [2.05, 4.69) is 5.10 Å². The Kier molecular flexibility index (Phi) is 2.78. The molecule has 7 heteroatoms. The second-order valence-corrected chi connectivity index (χ2v) is 2.78. The molecule has 0 amide bonds. The molecule has 0 saturated heterocycles. The average Bonchev–Trinajstić information content (AvgIpc) is 2.48. The molecule has 0 spiro atoms. The molecule has 4 nitrogen and oxygen atoms in total. The van der Waals surface area contributed by atoms with Crippen molar-refractivity contribution in [3.8, 4) is 0 Å². The van der Waals surface area contributed by atoms with E-state index in [-0.39, 0.29) is 0 Å². The summed E-state index contributed by atoms with van der Waals surface area (Å²) in [6.07, 6.45) is -1.74. The fourth-order valence-electron chi connectivity index (χ4n) is 0.974. The van der Waals surface area contributed by atoms with Gasteiger partial charge in [-0.25, -0.2) is 0 Å². The molecule has 0 aliphatic carbocycles. The van der Waals surface area contributed by atoms with Crippen LogP contribution in [-0.4, -0.2) is 21.8 Å². The summed E-state index contributed by atoms with van der Waals surface area (Å²) < 4.78 is 38.0. The standard InChI is InChI=1S/C7H9F3N4/c8-7(9,10)5(6(11)12)4-14-3-1-2-13-14/h1-3,5H,4H2,(H3,11,12). The lowest BCUT2D eigenvalue weighted by Crippen LogP contribution is -2.38. The summed E-state index contributed by atoms with van der Waals surface area (Å²) >= 11 is 0. The Morgan fingerprint density at radius 3 is 2.57 bits per heavy atom. The van der Waals surface area contributed by atoms with E-state index >= 15 is 0 Å². The first-order valence-electron chi connectivity index (χ1n) is 3.79. The van der Waals surface area contributed by atoms with Gasteiger partial charge < -0.3 is 5.73 Å². The van der Waals surface area contributed by atoms with Crippen molar-refractivity contribution >= 4 is 5.84 Å². The van der Waals surface area contributed by atoms with Gasteiger partial charge in [0.05, 0.1) is 6.54 Å².